The Labute approximate surface area is 238 Å². The molecule has 2 N–H and O–H groups in total. The number of carbonyl (C=O) groups is 3. The second-order valence-corrected chi connectivity index (χ2v) is 9.04. The highest BCUT2D eigenvalue weighted by Crippen LogP contribution is 2.18. The van der Waals surface area contributed by atoms with Gasteiger partial charge in [0.15, 0.2) is 5.78 Å². The third-order valence-corrected chi connectivity index (χ3v) is 6.12. The third kappa shape index (κ3) is 7.79. The number of ether oxygens (including phenoxy) is 1. The molecule has 0 heterocycles. The van der Waals surface area contributed by atoms with Gasteiger partial charge >= 0.3 is 0 Å². The van der Waals surface area contributed by atoms with Crippen molar-refractivity contribution < 1.29 is 19.1 Å². The molecule has 0 aromatic heterocycles. The van der Waals surface area contributed by atoms with Gasteiger partial charge in [0.2, 0.25) is 0 Å². The Morgan fingerprint density at radius 3 is 2.15 bits per heavy atom. The van der Waals surface area contributed by atoms with Crippen molar-refractivity contribution in [2.45, 2.75) is 6.92 Å². The number of carbonyl (C=O) groups excluding carboxylic acids is 3. The molecule has 0 unspecified atom stereocenters. The van der Waals surface area contributed by atoms with Gasteiger partial charge in [0, 0.05) is 21.8 Å². The van der Waals surface area contributed by atoms with E-state index < -0.39 is 11.8 Å². The van der Waals surface area contributed by atoms with Crippen LogP contribution in [-0.2, 0) is 4.79 Å². The van der Waals surface area contributed by atoms with Gasteiger partial charge in [0.25, 0.3) is 11.8 Å². The Kier molecular flexibility index (Phi) is 9.64. The highest BCUT2D eigenvalue weighted by molar-refractivity contribution is 6.32. The SMILES string of the molecule is CCOc1ccc(/C=C(\NC(=O)c2ccccc2)C(=O)Nc2ccc(C(=O)/C=C/c3ccccc3Cl)cc2)cc1. The zero-order valence-corrected chi connectivity index (χ0v) is 22.5. The maximum Gasteiger partial charge on any atom is 0.272 e. The average molecular weight is 551 g/mol. The highest BCUT2D eigenvalue weighted by Gasteiger charge is 2.15. The van der Waals surface area contributed by atoms with Crippen LogP contribution in [0.2, 0.25) is 5.02 Å². The topological polar surface area (TPSA) is 84.5 Å². The number of nitrogens with one attached hydrogen (secondary N) is 2. The summed E-state index contributed by atoms with van der Waals surface area (Å²) in [7, 11) is 0. The minimum absolute atomic E-state index is 0.0563. The Bertz CT molecular complexity index is 1540. The van der Waals surface area contributed by atoms with Crippen LogP contribution in [0.25, 0.3) is 12.2 Å². The summed E-state index contributed by atoms with van der Waals surface area (Å²) in [5.74, 6) is -0.436. The number of hydrogen-bond acceptors (Lipinski definition) is 4. The van der Waals surface area contributed by atoms with Crippen molar-refractivity contribution in [1.82, 2.24) is 5.32 Å². The molecule has 0 saturated carbocycles. The van der Waals surface area contributed by atoms with Gasteiger partial charge in [-0.15, -0.1) is 0 Å². The first-order chi connectivity index (χ1) is 19.4. The summed E-state index contributed by atoms with van der Waals surface area (Å²) in [6.45, 7) is 2.44. The van der Waals surface area contributed by atoms with Crippen LogP contribution in [0.3, 0.4) is 0 Å². The lowest BCUT2D eigenvalue weighted by Gasteiger charge is -2.12. The number of anilines is 1. The molecule has 0 radical (unpaired) electrons. The molecular weight excluding hydrogens is 524 g/mol. The van der Waals surface area contributed by atoms with Gasteiger partial charge in [-0.2, -0.15) is 0 Å². The van der Waals surface area contributed by atoms with E-state index in [1.165, 1.54) is 6.08 Å². The van der Waals surface area contributed by atoms with Crippen molar-refractivity contribution in [3.05, 3.63) is 142 Å². The van der Waals surface area contributed by atoms with Crippen LogP contribution in [0.5, 0.6) is 5.75 Å². The van der Waals surface area contributed by atoms with Crippen LogP contribution in [0.15, 0.2) is 115 Å². The first-order valence-corrected chi connectivity index (χ1v) is 13.0. The zero-order valence-electron chi connectivity index (χ0n) is 21.8. The summed E-state index contributed by atoms with van der Waals surface area (Å²) < 4.78 is 5.48. The lowest BCUT2D eigenvalue weighted by molar-refractivity contribution is -0.113. The number of amides is 2. The molecule has 0 atom stereocenters. The second kappa shape index (κ2) is 13.7. The summed E-state index contributed by atoms with van der Waals surface area (Å²) in [4.78, 5) is 38.7. The molecule has 7 heteroatoms. The molecule has 2 amide bonds. The van der Waals surface area contributed by atoms with E-state index in [0.717, 1.165) is 5.56 Å². The fourth-order valence-electron chi connectivity index (χ4n) is 3.72. The summed E-state index contributed by atoms with van der Waals surface area (Å²) in [6.07, 6.45) is 4.70. The molecule has 4 rings (SSSR count). The Hall–Kier alpha value is -4.94. The number of halogens is 1. The minimum Gasteiger partial charge on any atom is -0.494 e. The van der Waals surface area contributed by atoms with Gasteiger partial charge in [0.05, 0.1) is 6.61 Å². The van der Waals surface area contributed by atoms with Gasteiger partial charge < -0.3 is 15.4 Å². The van der Waals surface area contributed by atoms with E-state index >= 15 is 0 Å². The van der Waals surface area contributed by atoms with Crippen LogP contribution in [0.1, 0.15) is 38.8 Å². The lowest BCUT2D eigenvalue weighted by atomic mass is 10.1. The van der Waals surface area contributed by atoms with Crippen molar-refractivity contribution in [3.63, 3.8) is 0 Å². The highest BCUT2D eigenvalue weighted by atomic mass is 35.5. The Balaban J connectivity index is 1.50. The molecule has 4 aromatic carbocycles. The zero-order chi connectivity index (χ0) is 28.3. The maximum absolute atomic E-state index is 13.3. The van der Waals surface area contributed by atoms with Gasteiger partial charge in [-0.3, -0.25) is 14.4 Å². The van der Waals surface area contributed by atoms with Crippen LogP contribution >= 0.6 is 11.6 Å². The first kappa shape index (κ1) is 28.1. The van der Waals surface area contributed by atoms with E-state index in [9.17, 15) is 14.4 Å². The minimum atomic E-state index is -0.518. The monoisotopic (exact) mass is 550 g/mol. The van der Waals surface area contributed by atoms with Gasteiger partial charge in [-0.25, -0.2) is 0 Å². The molecule has 6 nitrogen and oxygen atoms in total. The van der Waals surface area contributed by atoms with Crippen LogP contribution < -0.4 is 15.4 Å². The molecule has 0 bridgehead atoms. The van der Waals surface area contributed by atoms with E-state index in [1.807, 2.05) is 25.1 Å². The van der Waals surface area contributed by atoms with Crippen LogP contribution in [-0.4, -0.2) is 24.2 Å². The molecular formula is C33H27ClN2O4. The largest absolute Gasteiger partial charge is 0.494 e. The third-order valence-electron chi connectivity index (χ3n) is 5.78. The smallest absolute Gasteiger partial charge is 0.272 e. The molecule has 200 valence electrons. The standard InChI is InChI=1S/C33H27ClN2O4/c1-2-40-28-19-12-23(13-20-28)22-30(36-32(38)26-9-4-3-5-10-26)33(39)35-27-17-14-25(15-18-27)31(37)21-16-24-8-6-7-11-29(24)34/h3-22H,2H2,1H3,(H,35,39)(H,36,38)/b21-16+,30-22-. The lowest BCUT2D eigenvalue weighted by Crippen LogP contribution is -2.30. The Morgan fingerprint density at radius 1 is 0.800 bits per heavy atom. The molecule has 0 aliphatic carbocycles. The maximum atomic E-state index is 13.3. The number of hydrogen-bond donors (Lipinski definition) is 2. The summed E-state index contributed by atoms with van der Waals surface area (Å²) in [5, 5.41) is 6.06. The van der Waals surface area contributed by atoms with Crippen molar-refractivity contribution >= 4 is 47.0 Å². The normalized spacial score (nSPS) is 11.2. The van der Waals surface area contributed by atoms with Crippen molar-refractivity contribution in [2.75, 3.05) is 11.9 Å². The number of rotatable bonds is 10. The molecule has 0 fully saturated rings. The fraction of sp³-hybridized carbons (Fsp3) is 0.0606. The van der Waals surface area contributed by atoms with Crippen molar-refractivity contribution in [2.24, 2.45) is 0 Å². The molecule has 40 heavy (non-hydrogen) atoms. The molecule has 4 aromatic rings. The van der Waals surface area contributed by atoms with E-state index in [1.54, 1.807) is 97.1 Å². The van der Waals surface area contributed by atoms with Crippen LogP contribution in [0.4, 0.5) is 5.69 Å². The average Bonchev–Trinajstić information content (AvgIpc) is 2.98. The predicted molar refractivity (Wildman–Crippen MR) is 159 cm³/mol. The van der Waals surface area contributed by atoms with Gasteiger partial charge in [0.1, 0.15) is 11.4 Å². The summed E-state index contributed by atoms with van der Waals surface area (Å²) in [6, 6.07) is 29.5. The second-order valence-electron chi connectivity index (χ2n) is 8.63. The van der Waals surface area contributed by atoms with Crippen molar-refractivity contribution in [3.8, 4) is 5.75 Å². The van der Waals surface area contributed by atoms with E-state index in [0.29, 0.717) is 39.8 Å². The number of allylic oxidation sites excluding steroid dienone is 1. The molecule has 0 aliphatic rings. The summed E-state index contributed by atoms with van der Waals surface area (Å²) >= 11 is 6.15. The van der Waals surface area contributed by atoms with Gasteiger partial charge in [-0.1, -0.05) is 60.1 Å². The van der Waals surface area contributed by atoms with Crippen LogP contribution in [0, 0.1) is 0 Å². The molecule has 0 spiro atoms. The molecule has 0 saturated heterocycles. The van der Waals surface area contributed by atoms with Gasteiger partial charge in [-0.05, 0) is 90.9 Å². The van der Waals surface area contributed by atoms with E-state index in [4.69, 9.17) is 16.3 Å². The van der Waals surface area contributed by atoms with Crippen molar-refractivity contribution in [1.29, 1.82) is 0 Å². The predicted octanol–water partition coefficient (Wildman–Crippen LogP) is 7.04. The number of benzene rings is 4. The molecule has 0 aliphatic heterocycles. The summed E-state index contributed by atoms with van der Waals surface area (Å²) in [5.41, 5.74) is 2.83. The Morgan fingerprint density at radius 2 is 1.48 bits per heavy atom. The van der Waals surface area contributed by atoms with E-state index in [-0.39, 0.29) is 11.5 Å². The number of ketones is 1. The first-order valence-electron chi connectivity index (χ1n) is 12.6. The quantitative estimate of drug-likeness (QED) is 0.164. The fourth-order valence-corrected chi connectivity index (χ4v) is 3.92. The van der Waals surface area contributed by atoms with E-state index in [2.05, 4.69) is 10.6 Å².